The summed E-state index contributed by atoms with van der Waals surface area (Å²) in [4.78, 5) is 25.3. The third kappa shape index (κ3) is 5.62. The van der Waals surface area contributed by atoms with Crippen molar-refractivity contribution in [3.63, 3.8) is 0 Å². The first kappa shape index (κ1) is 16.0. The predicted octanol–water partition coefficient (Wildman–Crippen LogP) is 3.25. The van der Waals surface area contributed by atoms with Crippen molar-refractivity contribution in [3.8, 4) is 0 Å². The number of ether oxygens (including phenoxy) is 1. The Kier molecular flexibility index (Phi) is 5.39. The van der Waals surface area contributed by atoms with Crippen molar-refractivity contribution in [1.29, 1.82) is 0 Å². The van der Waals surface area contributed by atoms with Gasteiger partial charge in [0.2, 0.25) is 0 Å². The molecule has 0 bridgehead atoms. The molecule has 1 amide bonds. The first-order chi connectivity index (χ1) is 8.69. The number of rotatable bonds is 3. The van der Waals surface area contributed by atoms with Crippen LogP contribution in [0.5, 0.6) is 0 Å². The lowest BCUT2D eigenvalue weighted by Crippen LogP contribution is -2.39. The standard InChI is InChI=1S/C15H27NO3/c1-11-6-8-12(9-7-11)13(17)10-16(5)14(18)19-15(2,3)4/h11-12H,6-10H2,1-5H3/t11-,12-. The minimum atomic E-state index is -0.519. The molecule has 4 heteroatoms. The van der Waals surface area contributed by atoms with Gasteiger partial charge in [-0.15, -0.1) is 0 Å². The van der Waals surface area contributed by atoms with E-state index in [1.54, 1.807) is 7.05 Å². The lowest BCUT2D eigenvalue weighted by Gasteiger charge is -2.28. The highest BCUT2D eigenvalue weighted by molar-refractivity contribution is 5.86. The monoisotopic (exact) mass is 269 g/mol. The van der Waals surface area contributed by atoms with Crippen LogP contribution in [0.15, 0.2) is 0 Å². The van der Waals surface area contributed by atoms with Crippen molar-refractivity contribution >= 4 is 11.9 Å². The van der Waals surface area contributed by atoms with E-state index in [-0.39, 0.29) is 18.2 Å². The fourth-order valence-electron chi connectivity index (χ4n) is 2.35. The average Bonchev–Trinajstić information content (AvgIpc) is 2.27. The SMILES string of the molecule is CN(CC(=O)[C@H]1CC[C@H](C)CC1)C(=O)OC(C)(C)C. The van der Waals surface area contributed by atoms with E-state index in [2.05, 4.69) is 6.92 Å². The Labute approximate surface area is 116 Å². The van der Waals surface area contributed by atoms with Gasteiger partial charge in [-0.05, 0) is 39.5 Å². The van der Waals surface area contributed by atoms with Crippen LogP contribution >= 0.6 is 0 Å². The Hall–Kier alpha value is -1.06. The molecule has 0 radical (unpaired) electrons. The minimum Gasteiger partial charge on any atom is -0.444 e. The fraction of sp³-hybridized carbons (Fsp3) is 0.867. The quantitative estimate of drug-likeness (QED) is 0.790. The van der Waals surface area contributed by atoms with Crippen LogP contribution in [0.3, 0.4) is 0 Å². The molecule has 0 aromatic rings. The Balaban J connectivity index is 2.41. The van der Waals surface area contributed by atoms with Gasteiger partial charge in [-0.2, -0.15) is 0 Å². The fourth-order valence-corrected chi connectivity index (χ4v) is 2.35. The molecule has 4 nitrogen and oxygen atoms in total. The molecule has 1 aliphatic carbocycles. The van der Waals surface area contributed by atoms with Gasteiger partial charge in [-0.3, -0.25) is 4.79 Å². The van der Waals surface area contributed by atoms with Gasteiger partial charge < -0.3 is 9.64 Å². The summed E-state index contributed by atoms with van der Waals surface area (Å²) in [6.45, 7) is 7.86. The summed E-state index contributed by atoms with van der Waals surface area (Å²) in [5.41, 5.74) is -0.519. The normalized spacial score (nSPS) is 23.8. The van der Waals surface area contributed by atoms with E-state index < -0.39 is 11.7 Å². The molecule has 0 aromatic carbocycles. The summed E-state index contributed by atoms with van der Waals surface area (Å²) in [5.74, 6) is 1.02. The van der Waals surface area contributed by atoms with Crippen LogP contribution in [0.25, 0.3) is 0 Å². The second-order valence-electron chi connectivity index (χ2n) is 6.76. The molecule has 0 spiro atoms. The van der Waals surface area contributed by atoms with Crippen LogP contribution in [0.2, 0.25) is 0 Å². The molecule has 1 saturated carbocycles. The van der Waals surface area contributed by atoms with Gasteiger partial charge in [-0.1, -0.05) is 19.8 Å². The molecule has 1 fully saturated rings. The minimum absolute atomic E-state index is 0.126. The summed E-state index contributed by atoms with van der Waals surface area (Å²) >= 11 is 0. The maximum atomic E-state index is 12.1. The van der Waals surface area contributed by atoms with Crippen LogP contribution in [-0.2, 0) is 9.53 Å². The van der Waals surface area contributed by atoms with E-state index in [0.717, 1.165) is 31.6 Å². The number of carbonyl (C=O) groups is 2. The van der Waals surface area contributed by atoms with Gasteiger partial charge in [0.05, 0.1) is 6.54 Å². The summed E-state index contributed by atoms with van der Waals surface area (Å²) in [7, 11) is 1.62. The molecule has 0 saturated heterocycles. The van der Waals surface area contributed by atoms with Gasteiger partial charge in [0.1, 0.15) is 5.60 Å². The maximum absolute atomic E-state index is 12.1. The number of carbonyl (C=O) groups excluding carboxylic acids is 2. The predicted molar refractivity (Wildman–Crippen MR) is 75.0 cm³/mol. The van der Waals surface area contributed by atoms with Gasteiger partial charge >= 0.3 is 6.09 Å². The molecule has 1 rings (SSSR count). The zero-order valence-electron chi connectivity index (χ0n) is 12.9. The van der Waals surface area contributed by atoms with Crippen molar-refractivity contribution in [2.75, 3.05) is 13.6 Å². The van der Waals surface area contributed by atoms with Gasteiger partial charge in [0.25, 0.3) is 0 Å². The highest BCUT2D eigenvalue weighted by Gasteiger charge is 2.27. The highest BCUT2D eigenvalue weighted by Crippen LogP contribution is 2.28. The smallest absolute Gasteiger partial charge is 0.410 e. The largest absolute Gasteiger partial charge is 0.444 e. The molecular formula is C15H27NO3. The number of amides is 1. The molecule has 0 heterocycles. The number of ketones is 1. The topological polar surface area (TPSA) is 46.6 Å². The zero-order chi connectivity index (χ0) is 14.6. The molecule has 0 aliphatic heterocycles. The second-order valence-corrected chi connectivity index (χ2v) is 6.76. The van der Waals surface area contributed by atoms with Crippen molar-refractivity contribution in [2.24, 2.45) is 11.8 Å². The Morgan fingerprint density at radius 1 is 1.16 bits per heavy atom. The number of likely N-dealkylation sites (N-methyl/N-ethyl adjacent to an activating group) is 1. The van der Waals surface area contributed by atoms with Crippen LogP contribution in [0.1, 0.15) is 53.4 Å². The molecule has 110 valence electrons. The van der Waals surface area contributed by atoms with Crippen molar-refractivity contribution in [1.82, 2.24) is 4.90 Å². The average molecular weight is 269 g/mol. The molecule has 0 atom stereocenters. The Morgan fingerprint density at radius 3 is 2.16 bits per heavy atom. The highest BCUT2D eigenvalue weighted by atomic mass is 16.6. The third-order valence-electron chi connectivity index (χ3n) is 3.57. The summed E-state index contributed by atoms with van der Waals surface area (Å²) in [6.07, 6.45) is 3.73. The van der Waals surface area contributed by atoms with Crippen molar-refractivity contribution in [3.05, 3.63) is 0 Å². The van der Waals surface area contributed by atoms with E-state index in [4.69, 9.17) is 4.74 Å². The van der Waals surface area contributed by atoms with Gasteiger partial charge in [0, 0.05) is 13.0 Å². The van der Waals surface area contributed by atoms with Gasteiger partial charge in [0.15, 0.2) is 5.78 Å². The molecule has 0 aromatic heterocycles. The molecule has 19 heavy (non-hydrogen) atoms. The molecule has 0 N–H and O–H groups in total. The van der Waals surface area contributed by atoms with Crippen LogP contribution in [-0.4, -0.2) is 36.0 Å². The van der Waals surface area contributed by atoms with Crippen LogP contribution in [0, 0.1) is 11.8 Å². The molecular weight excluding hydrogens is 242 g/mol. The van der Waals surface area contributed by atoms with Crippen LogP contribution in [0.4, 0.5) is 4.79 Å². The lowest BCUT2D eigenvalue weighted by atomic mass is 9.81. The van der Waals surface area contributed by atoms with Crippen molar-refractivity contribution in [2.45, 2.75) is 59.0 Å². The maximum Gasteiger partial charge on any atom is 0.410 e. The Morgan fingerprint density at radius 2 is 1.68 bits per heavy atom. The lowest BCUT2D eigenvalue weighted by molar-refractivity contribution is -0.124. The second kappa shape index (κ2) is 6.40. The first-order valence-corrected chi connectivity index (χ1v) is 7.16. The third-order valence-corrected chi connectivity index (χ3v) is 3.57. The first-order valence-electron chi connectivity index (χ1n) is 7.16. The Bertz CT molecular complexity index is 325. The number of nitrogens with zero attached hydrogens (tertiary/aromatic N) is 1. The summed E-state index contributed by atoms with van der Waals surface area (Å²) in [5, 5.41) is 0. The van der Waals surface area contributed by atoms with E-state index in [1.165, 1.54) is 4.90 Å². The van der Waals surface area contributed by atoms with Crippen LogP contribution < -0.4 is 0 Å². The van der Waals surface area contributed by atoms with E-state index in [9.17, 15) is 9.59 Å². The van der Waals surface area contributed by atoms with Crippen molar-refractivity contribution < 1.29 is 14.3 Å². The van der Waals surface area contributed by atoms with E-state index in [1.807, 2.05) is 20.8 Å². The summed E-state index contributed by atoms with van der Waals surface area (Å²) in [6, 6.07) is 0. The number of hydrogen-bond acceptors (Lipinski definition) is 3. The molecule has 1 aliphatic rings. The van der Waals surface area contributed by atoms with E-state index in [0.29, 0.717) is 0 Å². The summed E-state index contributed by atoms with van der Waals surface area (Å²) < 4.78 is 5.24. The van der Waals surface area contributed by atoms with E-state index >= 15 is 0 Å². The zero-order valence-corrected chi connectivity index (χ0v) is 12.9. The number of hydrogen-bond donors (Lipinski definition) is 0. The molecule has 0 unspecified atom stereocenters. The number of Topliss-reactive ketones (excluding diaryl/α,β-unsaturated/α-hetero) is 1. The van der Waals surface area contributed by atoms with Gasteiger partial charge in [-0.25, -0.2) is 4.79 Å².